The fourth-order valence-corrected chi connectivity index (χ4v) is 1.74. The highest BCUT2D eigenvalue weighted by atomic mass is 19.4. The molecule has 1 aromatic heterocycles. The Kier molecular flexibility index (Phi) is 6.11. The molecule has 0 aliphatic carbocycles. The van der Waals surface area contributed by atoms with Crippen molar-refractivity contribution in [3.05, 3.63) is 35.2 Å². The molecule has 1 aromatic rings. The van der Waals surface area contributed by atoms with E-state index in [4.69, 9.17) is 4.74 Å². The number of pyridine rings is 1. The van der Waals surface area contributed by atoms with Crippen molar-refractivity contribution in [2.45, 2.75) is 39.0 Å². The minimum Gasteiger partial charge on any atom is -0.466 e. The van der Waals surface area contributed by atoms with Crippen molar-refractivity contribution in [1.29, 1.82) is 0 Å². The van der Waals surface area contributed by atoms with Crippen molar-refractivity contribution in [3.8, 4) is 0 Å². The molecule has 0 saturated heterocycles. The predicted molar refractivity (Wildman–Crippen MR) is 79.7 cm³/mol. The average Bonchev–Trinajstić information content (AvgIpc) is 2.43. The molecular formula is C16H18F3NO4. The van der Waals surface area contributed by atoms with E-state index < -0.39 is 35.7 Å². The number of ether oxygens (including phenoxy) is 2. The number of nitrogens with zero attached hydrogens (tertiary/aromatic N) is 1. The van der Waals surface area contributed by atoms with E-state index in [2.05, 4.69) is 9.72 Å². The zero-order chi connectivity index (χ0) is 18.5. The van der Waals surface area contributed by atoms with Crippen molar-refractivity contribution in [1.82, 2.24) is 4.98 Å². The second-order valence-corrected chi connectivity index (χ2v) is 5.93. The number of halogens is 3. The summed E-state index contributed by atoms with van der Waals surface area (Å²) >= 11 is 0. The van der Waals surface area contributed by atoms with E-state index in [9.17, 15) is 22.8 Å². The van der Waals surface area contributed by atoms with Gasteiger partial charge in [0.25, 0.3) is 0 Å². The summed E-state index contributed by atoms with van der Waals surface area (Å²) in [4.78, 5) is 27.1. The third-order valence-corrected chi connectivity index (χ3v) is 2.63. The second kappa shape index (κ2) is 7.46. The van der Waals surface area contributed by atoms with Crippen LogP contribution >= 0.6 is 0 Å². The Labute approximate surface area is 137 Å². The van der Waals surface area contributed by atoms with Gasteiger partial charge in [0.15, 0.2) is 0 Å². The summed E-state index contributed by atoms with van der Waals surface area (Å²) in [6.07, 6.45) is -2.05. The summed E-state index contributed by atoms with van der Waals surface area (Å²) in [5, 5.41) is 0. The Morgan fingerprint density at radius 2 is 1.83 bits per heavy atom. The highest BCUT2D eigenvalue weighted by Crippen LogP contribution is 2.29. The van der Waals surface area contributed by atoms with Gasteiger partial charge in [-0.15, -0.1) is 0 Å². The summed E-state index contributed by atoms with van der Waals surface area (Å²) in [5.74, 6) is -1.53. The van der Waals surface area contributed by atoms with Crippen LogP contribution in [0, 0.1) is 0 Å². The van der Waals surface area contributed by atoms with E-state index in [1.807, 2.05) is 0 Å². The molecule has 0 aromatic carbocycles. The van der Waals surface area contributed by atoms with Crippen molar-refractivity contribution in [2.24, 2.45) is 0 Å². The van der Waals surface area contributed by atoms with Gasteiger partial charge in [-0.3, -0.25) is 9.78 Å². The van der Waals surface area contributed by atoms with Crippen LogP contribution in [0.5, 0.6) is 0 Å². The topological polar surface area (TPSA) is 65.5 Å². The standard InChI is InChI=1S/C16H18F3NO4/c1-15(2,3)24-13(21)7-11(14(22)23-4)5-10-6-12(9-20-8-10)16(17,18)19/h5-6,8-9H,7H2,1-4H3/b11-5-. The molecule has 0 N–H and O–H groups in total. The molecule has 24 heavy (non-hydrogen) atoms. The summed E-state index contributed by atoms with van der Waals surface area (Å²) in [5.41, 5.74) is -1.82. The highest BCUT2D eigenvalue weighted by Gasteiger charge is 2.31. The Balaban J connectivity index is 3.11. The first-order valence-electron chi connectivity index (χ1n) is 6.95. The molecule has 8 heteroatoms. The van der Waals surface area contributed by atoms with Crippen molar-refractivity contribution < 1.29 is 32.2 Å². The molecule has 0 fully saturated rings. The second-order valence-electron chi connectivity index (χ2n) is 5.93. The quantitative estimate of drug-likeness (QED) is 0.618. The van der Waals surface area contributed by atoms with E-state index >= 15 is 0 Å². The van der Waals surface area contributed by atoms with E-state index in [1.54, 1.807) is 20.8 Å². The molecule has 1 heterocycles. The van der Waals surface area contributed by atoms with Crippen LogP contribution in [0.4, 0.5) is 13.2 Å². The molecule has 0 aliphatic heterocycles. The monoisotopic (exact) mass is 345 g/mol. The first-order valence-corrected chi connectivity index (χ1v) is 6.95. The van der Waals surface area contributed by atoms with Gasteiger partial charge >= 0.3 is 18.1 Å². The SMILES string of the molecule is COC(=O)/C(=C\c1cncc(C(F)(F)F)c1)CC(=O)OC(C)(C)C. The van der Waals surface area contributed by atoms with Crippen LogP contribution in [0.15, 0.2) is 24.0 Å². The van der Waals surface area contributed by atoms with Gasteiger partial charge in [0.1, 0.15) is 5.60 Å². The maximum atomic E-state index is 12.7. The van der Waals surface area contributed by atoms with Crippen molar-refractivity contribution in [3.63, 3.8) is 0 Å². The van der Waals surface area contributed by atoms with Gasteiger partial charge in [-0.25, -0.2) is 4.79 Å². The molecular weight excluding hydrogens is 327 g/mol. The summed E-state index contributed by atoms with van der Waals surface area (Å²) in [6.45, 7) is 4.97. The fraction of sp³-hybridized carbons (Fsp3) is 0.438. The third kappa shape index (κ3) is 6.39. The first kappa shape index (κ1) is 19.7. The first-order chi connectivity index (χ1) is 10.9. The molecule has 0 saturated carbocycles. The predicted octanol–water partition coefficient (Wildman–Crippen LogP) is 3.39. The maximum Gasteiger partial charge on any atom is 0.417 e. The lowest BCUT2D eigenvalue weighted by molar-refractivity contribution is -0.155. The number of alkyl halides is 3. The van der Waals surface area contributed by atoms with E-state index in [0.717, 1.165) is 25.4 Å². The molecule has 0 radical (unpaired) electrons. The number of carbonyl (C=O) groups excluding carboxylic acids is 2. The number of hydrogen-bond acceptors (Lipinski definition) is 5. The van der Waals surface area contributed by atoms with Crippen LogP contribution in [-0.4, -0.2) is 29.6 Å². The molecule has 0 amide bonds. The lowest BCUT2D eigenvalue weighted by Crippen LogP contribution is -2.25. The minimum atomic E-state index is -4.56. The van der Waals surface area contributed by atoms with Gasteiger partial charge in [-0.05, 0) is 38.5 Å². The van der Waals surface area contributed by atoms with Gasteiger partial charge in [0, 0.05) is 18.0 Å². The van der Waals surface area contributed by atoms with Gasteiger partial charge in [0.05, 0.1) is 19.1 Å². The normalized spacial score (nSPS) is 12.7. The zero-order valence-electron chi connectivity index (χ0n) is 13.7. The van der Waals surface area contributed by atoms with E-state index in [-0.39, 0.29) is 11.1 Å². The summed E-state index contributed by atoms with van der Waals surface area (Å²) in [7, 11) is 1.11. The Bertz CT molecular complexity index is 645. The average molecular weight is 345 g/mol. The number of carbonyl (C=O) groups is 2. The number of hydrogen-bond donors (Lipinski definition) is 0. The number of rotatable bonds is 4. The molecule has 132 valence electrons. The van der Waals surface area contributed by atoms with Crippen molar-refractivity contribution in [2.75, 3.05) is 7.11 Å². The zero-order valence-corrected chi connectivity index (χ0v) is 13.7. The van der Waals surface area contributed by atoms with Gasteiger partial charge < -0.3 is 9.47 Å². The molecule has 0 bridgehead atoms. The molecule has 0 spiro atoms. The Morgan fingerprint density at radius 3 is 2.33 bits per heavy atom. The van der Waals surface area contributed by atoms with Crippen LogP contribution in [0.1, 0.15) is 38.3 Å². The molecule has 0 unspecified atom stereocenters. The van der Waals surface area contributed by atoms with Gasteiger partial charge in [-0.1, -0.05) is 0 Å². The third-order valence-electron chi connectivity index (χ3n) is 2.63. The smallest absolute Gasteiger partial charge is 0.417 e. The largest absolute Gasteiger partial charge is 0.466 e. The molecule has 0 atom stereocenters. The number of methoxy groups -OCH3 is 1. The lowest BCUT2D eigenvalue weighted by atomic mass is 10.1. The van der Waals surface area contributed by atoms with Crippen LogP contribution < -0.4 is 0 Å². The van der Waals surface area contributed by atoms with Crippen molar-refractivity contribution >= 4 is 18.0 Å². The lowest BCUT2D eigenvalue weighted by Gasteiger charge is -2.19. The summed E-state index contributed by atoms with van der Waals surface area (Å²) in [6, 6.07) is 0.824. The van der Waals surface area contributed by atoms with Crippen LogP contribution in [-0.2, 0) is 25.2 Å². The highest BCUT2D eigenvalue weighted by molar-refractivity contribution is 5.98. The van der Waals surface area contributed by atoms with Gasteiger partial charge in [0.2, 0.25) is 0 Å². The molecule has 1 rings (SSSR count). The Hall–Kier alpha value is -2.38. The Morgan fingerprint density at radius 1 is 1.21 bits per heavy atom. The molecule has 0 aliphatic rings. The fourth-order valence-electron chi connectivity index (χ4n) is 1.74. The van der Waals surface area contributed by atoms with Crippen LogP contribution in [0.2, 0.25) is 0 Å². The number of aromatic nitrogens is 1. The summed E-state index contributed by atoms with van der Waals surface area (Å²) < 4.78 is 47.7. The maximum absolute atomic E-state index is 12.7. The van der Waals surface area contributed by atoms with Crippen LogP contribution in [0.3, 0.4) is 0 Å². The number of esters is 2. The minimum absolute atomic E-state index is 0.0220. The van der Waals surface area contributed by atoms with Gasteiger partial charge in [-0.2, -0.15) is 13.2 Å². The van der Waals surface area contributed by atoms with Crippen LogP contribution in [0.25, 0.3) is 6.08 Å². The van der Waals surface area contributed by atoms with E-state index in [0.29, 0.717) is 6.20 Å². The molecule has 5 nitrogen and oxygen atoms in total. The van der Waals surface area contributed by atoms with E-state index in [1.165, 1.54) is 0 Å².